The van der Waals surface area contributed by atoms with E-state index >= 15 is 0 Å². The summed E-state index contributed by atoms with van der Waals surface area (Å²) < 4.78 is 0. The number of carbonyl (C=O) groups is 2. The molecule has 0 aromatic carbocycles. The van der Waals surface area contributed by atoms with Crippen LogP contribution in [-0.4, -0.2) is 39.8 Å². The van der Waals surface area contributed by atoms with E-state index in [9.17, 15) is 14.7 Å². The second kappa shape index (κ2) is 8.55. The number of aromatic nitrogens is 1. The molecular weight excluding hydrogens is 312 g/mol. The Balaban J connectivity index is 2.69. The fraction of sp³-hybridized carbons (Fsp3) is 0.706. The van der Waals surface area contributed by atoms with Crippen molar-refractivity contribution in [2.75, 3.05) is 7.05 Å². The van der Waals surface area contributed by atoms with Gasteiger partial charge < -0.3 is 10.0 Å². The van der Waals surface area contributed by atoms with E-state index in [1.54, 1.807) is 50.3 Å². The lowest BCUT2D eigenvalue weighted by Gasteiger charge is -2.23. The average molecular weight is 340 g/mol. The van der Waals surface area contributed by atoms with E-state index in [1.165, 1.54) is 0 Å². The Morgan fingerprint density at radius 1 is 1.26 bits per heavy atom. The Bertz CT molecular complexity index is 538. The Labute approximate surface area is 142 Å². The van der Waals surface area contributed by atoms with Gasteiger partial charge in [0.05, 0.1) is 23.6 Å². The molecule has 0 saturated heterocycles. The normalized spacial score (nSPS) is 14.1. The summed E-state index contributed by atoms with van der Waals surface area (Å²) in [5, 5.41) is 10.9. The van der Waals surface area contributed by atoms with Crippen LogP contribution >= 0.6 is 11.3 Å². The third kappa shape index (κ3) is 5.70. The molecule has 0 aliphatic rings. The summed E-state index contributed by atoms with van der Waals surface area (Å²) in [5.41, 5.74) is 0. The molecule has 6 heteroatoms. The highest BCUT2D eigenvalue weighted by Crippen LogP contribution is 2.23. The van der Waals surface area contributed by atoms with E-state index in [0.29, 0.717) is 12.5 Å². The van der Waals surface area contributed by atoms with E-state index in [2.05, 4.69) is 18.8 Å². The molecular formula is C17H28N2O3S. The number of thiazole rings is 1. The van der Waals surface area contributed by atoms with Crippen LogP contribution in [0.25, 0.3) is 0 Å². The molecule has 1 heterocycles. The zero-order valence-corrected chi connectivity index (χ0v) is 15.7. The molecule has 130 valence electrons. The number of nitrogens with zero attached hydrogens (tertiary/aromatic N) is 2. The largest absolute Gasteiger partial charge is 0.393 e. The van der Waals surface area contributed by atoms with Gasteiger partial charge in [-0.3, -0.25) is 9.59 Å². The SMILES string of the molecule is CC(C)C(=O)C(CC(=O)N(C)Cc1cnc(C(C)C)s1)C(C)O. The summed E-state index contributed by atoms with van der Waals surface area (Å²) >= 11 is 1.60. The molecule has 0 fully saturated rings. The topological polar surface area (TPSA) is 70.5 Å². The standard InChI is InChI=1S/C17H28N2O3S/c1-10(2)16(22)14(12(5)20)7-15(21)19(6)9-13-8-18-17(23-13)11(3)4/h8,10-12,14,20H,7,9H2,1-6H3. The molecule has 0 spiro atoms. The highest BCUT2D eigenvalue weighted by atomic mass is 32.1. The van der Waals surface area contributed by atoms with Crippen molar-refractivity contribution in [2.24, 2.45) is 11.8 Å². The summed E-state index contributed by atoms with van der Waals surface area (Å²) in [6.45, 7) is 9.79. The fourth-order valence-electron chi connectivity index (χ4n) is 2.27. The minimum absolute atomic E-state index is 0.0427. The Morgan fingerprint density at radius 3 is 2.30 bits per heavy atom. The second-order valence-corrected chi connectivity index (χ2v) is 7.82. The molecule has 0 aliphatic heterocycles. The number of aliphatic hydroxyl groups is 1. The first-order valence-corrected chi connectivity index (χ1v) is 8.85. The minimum atomic E-state index is -0.821. The highest BCUT2D eigenvalue weighted by Gasteiger charge is 2.29. The number of aliphatic hydroxyl groups excluding tert-OH is 1. The van der Waals surface area contributed by atoms with Crippen molar-refractivity contribution in [2.45, 2.75) is 59.6 Å². The summed E-state index contributed by atoms with van der Waals surface area (Å²) in [7, 11) is 1.72. The second-order valence-electron chi connectivity index (χ2n) is 6.68. The van der Waals surface area contributed by atoms with E-state index in [4.69, 9.17) is 0 Å². The summed E-state index contributed by atoms with van der Waals surface area (Å²) in [6, 6.07) is 0. The van der Waals surface area contributed by atoms with Crippen molar-refractivity contribution >= 4 is 23.0 Å². The maximum Gasteiger partial charge on any atom is 0.223 e. The Kier molecular flexibility index (Phi) is 7.35. The van der Waals surface area contributed by atoms with Crippen molar-refractivity contribution in [1.29, 1.82) is 0 Å². The van der Waals surface area contributed by atoms with Gasteiger partial charge in [0.2, 0.25) is 5.91 Å². The summed E-state index contributed by atoms with van der Waals surface area (Å²) in [6.07, 6.45) is 1.02. The first-order valence-electron chi connectivity index (χ1n) is 8.03. The molecule has 0 saturated carbocycles. The van der Waals surface area contributed by atoms with Gasteiger partial charge in [0, 0.05) is 36.4 Å². The van der Waals surface area contributed by atoms with Crippen LogP contribution in [0, 0.1) is 11.8 Å². The van der Waals surface area contributed by atoms with E-state index in [-0.39, 0.29) is 24.0 Å². The van der Waals surface area contributed by atoms with Crippen LogP contribution in [-0.2, 0) is 16.1 Å². The van der Waals surface area contributed by atoms with Crippen LogP contribution < -0.4 is 0 Å². The average Bonchev–Trinajstić information content (AvgIpc) is 2.91. The monoisotopic (exact) mass is 340 g/mol. The number of rotatable bonds is 8. The number of Topliss-reactive ketones (excluding diaryl/α,β-unsaturated/α-hetero) is 1. The Morgan fingerprint density at radius 2 is 1.87 bits per heavy atom. The smallest absolute Gasteiger partial charge is 0.223 e. The van der Waals surface area contributed by atoms with Crippen molar-refractivity contribution in [3.63, 3.8) is 0 Å². The lowest BCUT2D eigenvalue weighted by Crippen LogP contribution is -2.36. The Hall–Kier alpha value is -1.27. The predicted molar refractivity (Wildman–Crippen MR) is 92.3 cm³/mol. The molecule has 1 aromatic heterocycles. The van der Waals surface area contributed by atoms with Crippen LogP contribution in [0.1, 0.15) is 56.8 Å². The molecule has 1 rings (SSSR count). The number of ketones is 1. The first-order chi connectivity index (χ1) is 10.6. The van der Waals surface area contributed by atoms with Crippen LogP contribution in [0.4, 0.5) is 0 Å². The third-order valence-corrected chi connectivity index (χ3v) is 5.08. The number of hydrogen-bond donors (Lipinski definition) is 1. The lowest BCUT2D eigenvalue weighted by atomic mass is 9.88. The molecule has 0 aliphatic carbocycles. The summed E-state index contributed by atoms with van der Waals surface area (Å²) in [4.78, 5) is 31.5. The minimum Gasteiger partial charge on any atom is -0.393 e. The van der Waals surface area contributed by atoms with E-state index in [1.807, 2.05) is 0 Å². The van der Waals surface area contributed by atoms with Gasteiger partial charge >= 0.3 is 0 Å². The van der Waals surface area contributed by atoms with Gasteiger partial charge in [0.15, 0.2) is 0 Å². The van der Waals surface area contributed by atoms with Gasteiger partial charge in [0.25, 0.3) is 0 Å². The zero-order chi connectivity index (χ0) is 17.7. The van der Waals surface area contributed by atoms with Crippen LogP contribution in [0.3, 0.4) is 0 Å². The van der Waals surface area contributed by atoms with Crippen molar-refractivity contribution in [1.82, 2.24) is 9.88 Å². The molecule has 0 radical (unpaired) electrons. The molecule has 23 heavy (non-hydrogen) atoms. The quantitative estimate of drug-likeness (QED) is 0.790. The van der Waals surface area contributed by atoms with Crippen molar-refractivity contribution in [3.05, 3.63) is 16.1 Å². The molecule has 0 bridgehead atoms. The van der Waals surface area contributed by atoms with Crippen LogP contribution in [0.2, 0.25) is 0 Å². The van der Waals surface area contributed by atoms with Crippen molar-refractivity contribution < 1.29 is 14.7 Å². The summed E-state index contributed by atoms with van der Waals surface area (Å²) in [5.74, 6) is -0.662. The van der Waals surface area contributed by atoms with Gasteiger partial charge in [0.1, 0.15) is 5.78 Å². The van der Waals surface area contributed by atoms with E-state index < -0.39 is 12.0 Å². The fourth-order valence-corrected chi connectivity index (χ4v) is 3.24. The first kappa shape index (κ1) is 19.8. The predicted octanol–water partition coefficient (Wildman–Crippen LogP) is 2.84. The molecule has 5 nitrogen and oxygen atoms in total. The van der Waals surface area contributed by atoms with Gasteiger partial charge in [-0.2, -0.15) is 0 Å². The van der Waals surface area contributed by atoms with Crippen LogP contribution in [0.5, 0.6) is 0 Å². The van der Waals surface area contributed by atoms with Gasteiger partial charge in [-0.1, -0.05) is 27.7 Å². The van der Waals surface area contributed by atoms with Crippen LogP contribution in [0.15, 0.2) is 6.20 Å². The van der Waals surface area contributed by atoms with Gasteiger partial charge in [-0.15, -0.1) is 11.3 Å². The van der Waals surface area contributed by atoms with E-state index in [0.717, 1.165) is 9.88 Å². The number of carbonyl (C=O) groups excluding carboxylic acids is 2. The van der Waals surface area contributed by atoms with Gasteiger partial charge in [-0.05, 0) is 6.92 Å². The molecule has 1 aromatic rings. The lowest BCUT2D eigenvalue weighted by molar-refractivity contribution is -0.138. The molecule has 1 amide bonds. The van der Waals surface area contributed by atoms with Gasteiger partial charge in [-0.25, -0.2) is 4.98 Å². The third-order valence-electron chi connectivity index (χ3n) is 3.80. The maximum absolute atomic E-state index is 12.4. The molecule has 1 N–H and O–H groups in total. The molecule has 2 unspecified atom stereocenters. The highest BCUT2D eigenvalue weighted by molar-refractivity contribution is 7.11. The number of hydrogen-bond acceptors (Lipinski definition) is 5. The molecule has 2 atom stereocenters. The number of amides is 1. The maximum atomic E-state index is 12.4. The zero-order valence-electron chi connectivity index (χ0n) is 14.9. The van der Waals surface area contributed by atoms with Crippen molar-refractivity contribution in [3.8, 4) is 0 Å².